The molecule has 0 aliphatic heterocycles. The molecule has 0 saturated carbocycles. The zero-order chi connectivity index (χ0) is 90.7. The molecule has 9 heteroatoms. The maximum absolute atomic E-state index is 6.44. The van der Waals surface area contributed by atoms with Gasteiger partial charge in [-0.25, -0.2) is 0 Å². The number of hydrogen-bond donors (Lipinski definition) is 0. The van der Waals surface area contributed by atoms with Gasteiger partial charge in [-0.05, 0) is 194 Å². The van der Waals surface area contributed by atoms with Gasteiger partial charge in [0.2, 0.25) is 0 Å². The van der Waals surface area contributed by atoms with Gasteiger partial charge in [-0.15, -0.1) is 34.0 Å². The monoisotopic (exact) mass is 1810 g/mol. The van der Waals surface area contributed by atoms with Crippen LogP contribution in [-0.4, -0.2) is 13.7 Å². The van der Waals surface area contributed by atoms with E-state index in [-0.39, 0.29) is 5.41 Å². The minimum atomic E-state index is -0.171. The Kier molecular flexibility index (Phi) is 17.4. The Bertz CT molecular complexity index is 10300. The van der Waals surface area contributed by atoms with Crippen molar-refractivity contribution in [1.82, 2.24) is 13.7 Å². The summed E-state index contributed by atoms with van der Waals surface area (Å²) in [6.45, 7) is 4.75. The molecule has 0 saturated heterocycles. The van der Waals surface area contributed by atoms with E-state index < -0.39 is 0 Å². The highest BCUT2D eigenvalue weighted by Crippen LogP contribution is 2.54. The molecule has 21 aromatic carbocycles. The van der Waals surface area contributed by atoms with Crippen LogP contribution in [0.2, 0.25) is 0 Å². The van der Waals surface area contributed by atoms with Gasteiger partial charge in [0.15, 0.2) is 0 Å². The van der Waals surface area contributed by atoms with Crippen molar-refractivity contribution in [2.45, 2.75) is 19.3 Å². The van der Waals surface area contributed by atoms with Gasteiger partial charge in [0.05, 0.1) is 33.1 Å². The van der Waals surface area contributed by atoms with Crippen LogP contribution in [0, 0.1) is 0 Å². The van der Waals surface area contributed by atoms with Crippen molar-refractivity contribution >= 4 is 226 Å². The molecule has 138 heavy (non-hydrogen) atoms. The molecule has 31 rings (SSSR count). The van der Waals surface area contributed by atoms with Crippen LogP contribution < -0.4 is 0 Å². The lowest BCUT2D eigenvalue weighted by atomic mass is 9.81. The number of benzene rings is 21. The maximum Gasteiger partial charge on any atom is 0.143 e. The molecule has 0 atom stereocenters. The van der Waals surface area contributed by atoms with E-state index in [0.717, 1.165) is 82.5 Å². The second kappa shape index (κ2) is 30.6. The standard InChI is InChI=1S/C45H29NOS.2C42H25NOS/c1-45(2)36-24-26(28-13-9-14-33-31-10-4-7-16-40(31)47-43(28)33)18-20-29(36)30-21-19-27(25-37(30)45)46-38-15-6-3-12-35(38)42-39(46)23-22-34-32-11-5-8-17-41(32)48-44(34)42;1-4-13-36-35(10-1)40-37(25-24-34-32-9-3-6-15-39(32)45-42(34)40)43(36)29-22-20-27(21-23-29)26-16-18-28(19-17-26)30-11-7-12-33-31-8-2-5-14-38(31)44-41(30)33;1-4-10-36-34(9-1)41-37(23-22-33-32-8-3-6-12-40(32)45-42(33)41)43(36)30-20-17-27(18-21-30)26-13-15-28(16-14-26)29-19-24-39-35(25-29)31-7-2-5-11-38(31)44-39/h3-25H,1-2H3;2*1-25H. The van der Waals surface area contributed by atoms with Crippen LogP contribution >= 0.6 is 34.0 Å². The summed E-state index contributed by atoms with van der Waals surface area (Å²) in [6, 6.07) is 161. The Labute approximate surface area is 803 Å². The summed E-state index contributed by atoms with van der Waals surface area (Å²) in [5.74, 6) is 0. The highest BCUT2D eigenvalue weighted by atomic mass is 32.1. The van der Waals surface area contributed by atoms with Gasteiger partial charge in [-0.1, -0.05) is 329 Å². The second-order valence-electron chi connectivity index (χ2n) is 37.1. The zero-order valence-corrected chi connectivity index (χ0v) is 77.4. The van der Waals surface area contributed by atoms with Crippen molar-refractivity contribution in [3.63, 3.8) is 0 Å². The normalized spacial score (nSPS) is 12.6. The number of rotatable bonds is 8. The molecule has 0 bridgehead atoms. The van der Waals surface area contributed by atoms with E-state index in [9.17, 15) is 0 Å². The fraction of sp³-hybridized carbons (Fsp3) is 0.0233. The summed E-state index contributed by atoms with van der Waals surface area (Å²) < 4.78 is 34.2. The van der Waals surface area contributed by atoms with E-state index in [1.165, 1.54) is 204 Å². The van der Waals surface area contributed by atoms with Gasteiger partial charge in [-0.3, -0.25) is 0 Å². The van der Waals surface area contributed by atoms with Crippen molar-refractivity contribution < 1.29 is 13.3 Å². The molecule has 0 radical (unpaired) electrons. The van der Waals surface area contributed by atoms with Crippen molar-refractivity contribution in [3.05, 3.63) is 454 Å². The average Bonchev–Trinajstić information content (AvgIpc) is 1.57. The summed E-state index contributed by atoms with van der Waals surface area (Å²) in [5.41, 5.74) is 33.5. The van der Waals surface area contributed by atoms with E-state index in [4.69, 9.17) is 13.3 Å². The highest BCUT2D eigenvalue weighted by Gasteiger charge is 2.37. The quantitative estimate of drug-likeness (QED) is 0.152. The third-order valence-corrected chi connectivity index (χ3v) is 32.9. The molecule has 9 heterocycles. The molecule has 1 aliphatic carbocycles. The summed E-state index contributed by atoms with van der Waals surface area (Å²) in [7, 11) is 0. The summed E-state index contributed by atoms with van der Waals surface area (Å²) >= 11 is 5.70. The van der Waals surface area contributed by atoms with Gasteiger partial charge in [0.1, 0.15) is 33.5 Å². The Morgan fingerprint density at radius 1 is 0.188 bits per heavy atom. The lowest BCUT2D eigenvalue weighted by Crippen LogP contribution is -2.15. The van der Waals surface area contributed by atoms with E-state index in [2.05, 4.69) is 440 Å². The third-order valence-electron chi connectivity index (χ3n) is 29.3. The SMILES string of the molecule is CC1(C)c2cc(-c3cccc4c3oc3ccccc34)ccc2-c2ccc(-n3c4ccccc4c4c5sc6ccccc6c5ccc43)cc21.c1ccc2c(c1)oc1c(-c3ccc(-c4ccc(-n5c6ccccc6c6c7sc8ccccc8c7ccc65)cc4)cc3)cccc12.c1ccc2c(c1)oc1ccc(-c3ccc(-c4ccc(-n5c6ccccc6c6c7sc8ccccc8c7ccc65)cc4)cc3)cc12. The van der Waals surface area contributed by atoms with Gasteiger partial charge in [-0.2, -0.15) is 0 Å². The van der Waals surface area contributed by atoms with E-state index in [1.54, 1.807) is 0 Å². The van der Waals surface area contributed by atoms with E-state index in [0.29, 0.717) is 0 Å². The van der Waals surface area contributed by atoms with E-state index in [1.807, 2.05) is 64.3 Å². The topological polar surface area (TPSA) is 54.2 Å². The largest absolute Gasteiger partial charge is 0.456 e. The number of nitrogens with zero attached hydrogens (tertiary/aromatic N) is 3. The van der Waals surface area contributed by atoms with Crippen LogP contribution in [0.25, 0.3) is 276 Å². The molecule has 1 aliphatic rings. The Morgan fingerprint density at radius 3 is 0.949 bits per heavy atom. The van der Waals surface area contributed by atoms with Gasteiger partial charge in [0.25, 0.3) is 0 Å². The minimum absolute atomic E-state index is 0.171. The number of thiophene rings is 3. The first-order chi connectivity index (χ1) is 68.2. The first-order valence-electron chi connectivity index (χ1n) is 47.1. The molecule has 0 spiro atoms. The number of fused-ring (bicyclic) bond motifs is 33. The molecule has 646 valence electrons. The molecule has 30 aromatic rings. The average molecular weight is 1820 g/mol. The summed E-state index contributed by atoms with van der Waals surface area (Å²) in [5, 5.41) is 22.9. The molecular formula is C129H79N3O3S3. The molecule has 0 fully saturated rings. The highest BCUT2D eigenvalue weighted by molar-refractivity contribution is 7.27. The number of para-hydroxylation sites is 8. The number of aromatic nitrogens is 3. The van der Waals surface area contributed by atoms with Crippen LogP contribution in [0.4, 0.5) is 0 Å². The Morgan fingerprint density at radius 2 is 0.500 bits per heavy atom. The van der Waals surface area contributed by atoms with Gasteiger partial charge < -0.3 is 27.0 Å². The molecule has 0 unspecified atom stereocenters. The van der Waals surface area contributed by atoms with Gasteiger partial charge >= 0.3 is 0 Å². The van der Waals surface area contributed by atoms with Crippen LogP contribution in [-0.2, 0) is 5.41 Å². The summed E-state index contributed by atoms with van der Waals surface area (Å²) in [6.07, 6.45) is 0. The molecule has 0 N–H and O–H groups in total. The minimum Gasteiger partial charge on any atom is -0.456 e. The first-order valence-corrected chi connectivity index (χ1v) is 49.6. The predicted octanol–water partition coefficient (Wildman–Crippen LogP) is 37.8. The lowest BCUT2D eigenvalue weighted by Gasteiger charge is -2.23. The van der Waals surface area contributed by atoms with Crippen molar-refractivity contribution in [3.8, 4) is 83.8 Å². The maximum atomic E-state index is 6.44. The fourth-order valence-corrected chi connectivity index (χ4v) is 26.5. The Hall–Kier alpha value is -16.9. The number of furan rings is 3. The first kappa shape index (κ1) is 78.6. The molecular weight excluding hydrogens is 1740 g/mol. The van der Waals surface area contributed by atoms with Gasteiger partial charge in [0, 0.05) is 159 Å². The molecule has 0 amide bonds. The van der Waals surface area contributed by atoms with Crippen molar-refractivity contribution in [2.24, 2.45) is 0 Å². The van der Waals surface area contributed by atoms with E-state index >= 15 is 0 Å². The molecule has 9 aromatic heterocycles. The lowest BCUT2D eigenvalue weighted by molar-refractivity contribution is 0.659. The zero-order valence-electron chi connectivity index (χ0n) is 74.9. The van der Waals surface area contributed by atoms with Crippen molar-refractivity contribution in [1.29, 1.82) is 0 Å². The molecule has 6 nitrogen and oxygen atoms in total. The summed E-state index contributed by atoms with van der Waals surface area (Å²) in [4.78, 5) is 0. The Balaban J connectivity index is 0.0000000999. The van der Waals surface area contributed by atoms with Crippen LogP contribution in [0.5, 0.6) is 0 Å². The third kappa shape index (κ3) is 12.0. The van der Waals surface area contributed by atoms with Crippen molar-refractivity contribution in [2.75, 3.05) is 0 Å². The van der Waals surface area contributed by atoms with Crippen LogP contribution in [0.3, 0.4) is 0 Å². The number of hydrogen-bond acceptors (Lipinski definition) is 6. The second-order valence-corrected chi connectivity index (χ2v) is 40.3. The predicted molar refractivity (Wildman–Crippen MR) is 588 cm³/mol. The smallest absolute Gasteiger partial charge is 0.143 e. The van der Waals surface area contributed by atoms with Crippen LogP contribution in [0.1, 0.15) is 25.0 Å². The fourth-order valence-electron chi connectivity index (χ4n) is 22.7. The van der Waals surface area contributed by atoms with Crippen LogP contribution in [0.15, 0.2) is 456 Å².